The van der Waals surface area contributed by atoms with Gasteiger partial charge >= 0.3 is 0 Å². The molecule has 2 heteroatoms. The molecular formula is C19H37NO. The summed E-state index contributed by atoms with van der Waals surface area (Å²) in [5.74, 6) is 3.11. The summed E-state index contributed by atoms with van der Waals surface area (Å²) in [6, 6.07) is 0.800. The third-order valence-corrected chi connectivity index (χ3v) is 5.88. The zero-order valence-electron chi connectivity index (χ0n) is 15.7. The average molecular weight is 296 g/mol. The Kier molecular flexibility index (Phi) is 6.31. The summed E-state index contributed by atoms with van der Waals surface area (Å²) in [4.78, 5) is 15.6. The highest BCUT2D eigenvalue weighted by Crippen LogP contribution is 2.38. The molecule has 0 spiro atoms. The van der Waals surface area contributed by atoms with E-state index in [9.17, 15) is 4.79 Å². The zero-order valence-corrected chi connectivity index (χ0v) is 15.7. The van der Waals surface area contributed by atoms with Crippen molar-refractivity contribution in [1.82, 2.24) is 4.90 Å². The van der Waals surface area contributed by atoms with Crippen LogP contribution in [0.25, 0.3) is 0 Å². The van der Waals surface area contributed by atoms with Gasteiger partial charge in [-0.2, -0.15) is 0 Å². The van der Waals surface area contributed by atoms with E-state index in [4.69, 9.17) is 0 Å². The van der Waals surface area contributed by atoms with Crippen molar-refractivity contribution in [3.05, 3.63) is 0 Å². The maximum atomic E-state index is 13.3. The Morgan fingerprint density at radius 3 is 1.86 bits per heavy atom. The van der Waals surface area contributed by atoms with E-state index in [0.717, 1.165) is 6.42 Å². The Morgan fingerprint density at radius 2 is 1.48 bits per heavy atom. The Labute approximate surface area is 132 Å². The molecule has 4 unspecified atom stereocenters. The molecule has 0 N–H and O–H groups in total. The molecule has 0 radical (unpaired) electrons. The molecule has 5 atom stereocenters. The van der Waals surface area contributed by atoms with Crippen LogP contribution in [0.3, 0.4) is 0 Å². The predicted molar refractivity (Wildman–Crippen MR) is 91.0 cm³/mol. The lowest BCUT2D eigenvalue weighted by Gasteiger charge is -2.38. The standard InChI is InChI=1S/C19H37NO/c1-11(2)15(8)18(13(5)6)19(21)20-16(9)14(7)10-17(20)12(3)4/h11-18H,10H2,1-9H3/t14?,15?,16?,17-,18?/m0/s1. The monoisotopic (exact) mass is 295 g/mol. The quantitative estimate of drug-likeness (QED) is 0.711. The van der Waals surface area contributed by atoms with Crippen molar-refractivity contribution in [2.24, 2.45) is 35.5 Å². The number of nitrogens with zero attached hydrogens (tertiary/aromatic N) is 1. The van der Waals surface area contributed by atoms with Gasteiger partial charge in [0.05, 0.1) is 0 Å². The fourth-order valence-electron chi connectivity index (χ4n) is 3.93. The first-order valence-electron chi connectivity index (χ1n) is 8.91. The van der Waals surface area contributed by atoms with Crippen LogP contribution in [0.2, 0.25) is 0 Å². The maximum Gasteiger partial charge on any atom is 0.226 e. The van der Waals surface area contributed by atoms with Gasteiger partial charge in [-0.1, -0.05) is 55.4 Å². The Bertz CT molecular complexity index is 347. The summed E-state index contributed by atoms with van der Waals surface area (Å²) in [6.07, 6.45) is 1.16. The van der Waals surface area contributed by atoms with Crippen molar-refractivity contribution in [1.29, 1.82) is 0 Å². The molecule has 0 bridgehead atoms. The largest absolute Gasteiger partial charge is 0.336 e. The molecule has 0 saturated carbocycles. The van der Waals surface area contributed by atoms with Crippen LogP contribution in [0.5, 0.6) is 0 Å². The number of hydrogen-bond acceptors (Lipinski definition) is 1. The van der Waals surface area contributed by atoms with Gasteiger partial charge < -0.3 is 4.90 Å². The van der Waals surface area contributed by atoms with E-state index >= 15 is 0 Å². The minimum atomic E-state index is 0.152. The topological polar surface area (TPSA) is 20.3 Å². The van der Waals surface area contributed by atoms with E-state index in [0.29, 0.717) is 47.6 Å². The van der Waals surface area contributed by atoms with Crippen LogP contribution in [0.1, 0.15) is 68.7 Å². The first-order valence-corrected chi connectivity index (χ1v) is 8.91. The number of amides is 1. The van der Waals surface area contributed by atoms with Crippen LogP contribution in [0.15, 0.2) is 0 Å². The van der Waals surface area contributed by atoms with E-state index in [1.165, 1.54) is 0 Å². The summed E-state index contributed by atoms with van der Waals surface area (Å²) in [6.45, 7) is 20.2. The number of hydrogen-bond donors (Lipinski definition) is 0. The molecule has 1 saturated heterocycles. The van der Waals surface area contributed by atoms with Crippen LogP contribution in [-0.2, 0) is 4.79 Å². The lowest BCUT2D eigenvalue weighted by molar-refractivity contribution is -0.143. The molecule has 0 aliphatic carbocycles. The number of rotatable bonds is 5. The summed E-state index contributed by atoms with van der Waals surface area (Å²) in [7, 11) is 0. The average Bonchev–Trinajstić information content (AvgIpc) is 2.65. The summed E-state index contributed by atoms with van der Waals surface area (Å²) >= 11 is 0. The Balaban J connectivity index is 3.06. The number of carbonyl (C=O) groups excluding carboxylic acids is 1. The zero-order chi connectivity index (χ0) is 16.5. The van der Waals surface area contributed by atoms with Crippen LogP contribution in [0.4, 0.5) is 0 Å². The van der Waals surface area contributed by atoms with Crippen molar-refractivity contribution in [2.45, 2.75) is 80.8 Å². The minimum absolute atomic E-state index is 0.152. The molecule has 0 aromatic rings. The highest BCUT2D eigenvalue weighted by Gasteiger charge is 2.44. The van der Waals surface area contributed by atoms with E-state index < -0.39 is 0 Å². The molecule has 1 heterocycles. The third-order valence-electron chi connectivity index (χ3n) is 5.88. The maximum absolute atomic E-state index is 13.3. The van der Waals surface area contributed by atoms with Gasteiger partial charge in [0.15, 0.2) is 0 Å². The first-order chi connectivity index (χ1) is 9.59. The first kappa shape index (κ1) is 18.5. The van der Waals surface area contributed by atoms with Gasteiger partial charge in [-0.15, -0.1) is 0 Å². The van der Waals surface area contributed by atoms with Crippen LogP contribution < -0.4 is 0 Å². The summed E-state index contributed by atoms with van der Waals surface area (Å²) in [5, 5.41) is 0. The fraction of sp³-hybridized carbons (Fsp3) is 0.947. The van der Waals surface area contributed by atoms with Crippen LogP contribution >= 0.6 is 0 Å². The van der Waals surface area contributed by atoms with Gasteiger partial charge in [-0.05, 0) is 42.9 Å². The fourth-order valence-corrected chi connectivity index (χ4v) is 3.93. The van der Waals surface area contributed by atoms with Crippen molar-refractivity contribution in [3.63, 3.8) is 0 Å². The smallest absolute Gasteiger partial charge is 0.226 e. The van der Waals surface area contributed by atoms with Gasteiger partial charge in [0.1, 0.15) is 0 Å². The lowest BCUT2D eigenvalue weighted by Crippen LogP contribution is -2.49. The van der Waals surface area contributed by atoms with Crippen molar-refractivity contribution in [2.75, 3.05) is 0 Å². The molecule has 1 rings (SSSR count). The van der Waals surface area contributed by atoms with Gasteiger partial charge in [-0.25, -0.2) is 0 Å². The van der Waals surface area contributed by atoms with Crippen molar-refractivity contribution < 1.29 is 4.79 Å². The predicted octanol–water partition coefficient (Wildman–Crippen LogP) is 4.83. The molecular weight excluding hydrogens is 258 g/mol. The van der Waals surface area contributed by atoms with E-state index in [1.54, 1.807) is 0 Å². The molecule has 0 aromatic carbocycles. The second-order valence-corrected chi connectivity index (χ2v) is 8.38. The summed E-state index contributed by atoms with van der Waals surface area (Å²) in [5.41, 5.74) is 0. The second kappa shape index (κ2) is 7.15. The van der Waals surface area contributed by atoms with Crippen molar-refractivity contribution >= 4 is 5.91 Å². The molecule has 1 amide bonds. The highest BCUT2D eigenvalue weighted by molar-refractivity contribution is 5.80. The Hall–Kier alpha value is -0.530. The molecule has 124 valence electrons. The molecule has 1 fully saturated rings. The van der Waals surface area contributed by atoms with E-state index in [2.05, 4.69) is 67.2 Å². The lowest BCUT2D eigenvalue weighted by atomic mass is 9.77. The van der Waals surface area contributed by atoms with E-state index in [-0.39, 0.29) is 5.92 Å². The SMILES string of the molecule is CC(C)C(C)C(C(=O)N1C(C)C(C)C[C@H]1C(C)C)C(C)C. The van der Waals surface area contributed by atoms with Gasteiger partial charge in [0, 0.05) is 18.0 Å². The normalized spacial score (nSPS) is 29.5. The number of carbonyl (C=O) groups is 1. The Morgan fingerprint density at radius 1 is 0.952 bits per heavy atom. The van der Waals surface area contributed by atoms with E-state index in [1.807, 2.05) is 0 Å². The molecule has 2 nitrogen and oxygen atoms in total. The third kappa shape index (κ3) is 3.81. The van der Waals surface area contributed by atoms with Crippen molar-refractivity contribution in [3.8, 4) is 0 Å². The molecule has 1 aliphatic heterocycles. The van der Waals surface area contributed by atoms with Gasteiger partial charge in [0.2, 0.25) is 5.91 Å². The highest BCUT2D eigenvalue weighted by atomic mass is 16.2. The minimum Gasteiger partial charge on any atom is -0.336 e. The number of likely N-dealkylation sites (tertiary alicyclic amines) is 1. The van der Waals surface area contributed by atoms with Gasteiger partial charge in [-0.3, -0.25) is 4.79 Å². The van der Waals surface area contributed by atoms with Crippen LogP contribution in [0, 0.1) is 35.5 Å². The molecule has 21 heavy (non-hydrogen) atoms. The summed E-state index contributed by atoms with van der Waals surface area (Å²) < 4.78 is 0. The second-order valence-electron chi connectivity index (χ2n) is 8.38. The molecule has 1 aliphatic rings. The molecule has 0 aromatic heterocycles. The van der Waals surface area contributed by atoms with Crippen LogP contribution in [-0.4, -0.2) is 22.9 Å². The van der Waals surface area contributed by atoms with Gasteiger partial charge in [0.25, 0.3) is 0 Å².